The summed E-state index contributed by atoms with van der Waals surface area (Å²) in [4.78, 5) is 39.1. The Morgan fingerprint density at radius 2 is 1.86 bits per heavy atom. The highest BCUT2D eigenvalue weighted by Gasteiger charge is 2.44. The molecule has 0 aliphatic carbocycles. The van der Waals surface area contributed by atoms with Gasteiger partial charge in [0.05, 0.1) is 10.9 Å². The van der Waals surface area contributed by atoms with Crippen molar-refractivity contribution in [3.63, 3.8) is 0 Å². The van der Waals surface area contributed by atoms with E-state index in [4.69, 9.17) is 0 Å². The van der Waals surface area contributed by atoms with Gasteiger partial charge >= 0.3 is 5.97 Å². The fourth-order valence-electron chi connectivity index (χ4n) is 4.16. The molecule has 2 N–H and O–H groups in total. The van der Waals surface area contributed by atoms with Crippen molar-refractivity contribution in [2.24, 2.45) is 0 Å². The predicted molar refractivity (Wildman–Crippen MR) is 112 cm³/mol. The number of anilines is 1. The molecule has 2 amide bonds. The van der Waals surface area contributed by atoms with E-state index in [1.807, 2.05) is 48.5 Å². The van der Waals surface area contributed by atoms with E-state index in [1.54, 1.807) is 0 Å². The minimum atomic E-state index is -1.04. The molecule has 0 saturated carbocycles. The number of aryl methyl sites for hydroxylation is 1. The number of carboxylic acid groups (broad SMARTS) is 1. The minimum absolute atomic E-state index is 0.286. The molecular weight excluding hydrogens is 388 g/mol. The van der Waals surface area contributed by atoms with Gasteiger partial charge in [-0.05, 0) is 36.0 Å². The highest BCUT2D eigenvalue weighted by molar-refractivity contribution is 7.81. The third-order valence-corrected chi connectivity index (χ3v) is 6.00. The van der Waals surface area contributed by atoms with Gasteiger partial charge < -0.3 is 10.4 Å². The van der Waals surface area contributed by atoms with Crippen molar-refractivity contribution in [1.82, 2.24) is 5.32 Å². The number of carbonyl (C=O) groups excluding carboxylic acids is 2. The summed E-state index contributed by atoms with van der Waals surface area (Å²) >= 11 is 4.42. The lowest BCUT2D eigenvalue weighted by atomic mass is 10.0. The van der Waals surface area contributed by atoms with Crippen LogP contribution in [0.1, 0.15) is 23.1 Å². The molecule has 0 saturated heterocycles. The third-order valence-electron chi connectivity index (χ3n) is 5.58. The quantitative estimate of drug-likeness (QED) is 0.658. The number of para-hydroxylation sites is 1. The Balaban J connectivity index is 1.53. The van der Waals surface area contributed by atoms with Crippen molar-refractivity contribution in [2.75, 3.05) is 4.90 Å². The Labute approximate surface area is 174 Å². The van der Waals surface area contributed by atoms with Crippen molar-refractivity contribution in [3.05, 3.63) is 65.2 Å². The maximum Gasteiger partial charge on any atom is 0.327 e. The van der Waals surface area contributed by atoms with Gasteiger partial charge in [-0.3, -0.25) is 14.5 Å². The number of carbonyl (C=O) groups is 3. The molecule has 2 aromatic carbocycles. The van der Waals surface area contributed by atoms with Gasteiger partial charge in [0.25, 0.3) is 0 Å². The van der Waals surface area contributed by atoms with Gasteiger partial charge in [-0.2, -0.15) is 12.6 Å². The van der Waals surface area contributed by atoms with E-state index in [1.165, 1.54) is 4.90 Å². The first-order chi connectivity index (χ1) is 14.0. The zero-order valence-corrected chi connectivity index (χ0v) is 16.6. The van der Waals surface area contributed by atoms with Gasteiger partial charge in [0.1, 0.15) is 12.1 Å². The van der Waals surface area contributed by atoms with E-state index in [-0.39, 0.29) is 18.2 Å². The molecule has 0 bridgehead atoms. The molecule has 1 unspecified atom stereocenters. The molecule has 0 aromatic heterocycles. The monoisotopic (exact) mass is 410 g/mol. The number of thiol groups is 1. The van der Waals surface area contributed by atoms with Crippen LogP contribution < -0.4 is 10.2 Å². The largest absolute Gasteiger partial charge is 0.480 e. The first-order valence-corrected chi connectivity index (χ1v) is 10.2. The van der Waals surface area contributed by atoms with Crippen molar-refractivity contribution in [1.29, 1.82) is 0 Å². The van der Waals surface area contributed by atoms with Crippen LogP contribution in [0.3, 0.4) is 0 Å². The topological polar surface area (TPSA) is 86.7 Å². The van der Waals surface area contributed by atoms with Crippen LogP contribution in [0.15, 0.2) is 48.5 Å². The Morgan fingerprint density at radius 1 is 1.14 bits per heavy atom. The lowest BCUT2D eigenvalue weighted by Crippen LogP contribution is -2.53. The van der Waals surface area contributed by atoms with Crippen molar-refractivity contribution in [2.45, 2.75) is 43.0 Å². The standard InChI is InChI=1S/C22H22N2O4S/c25-20(18(29)11-13-5-2-1-3-6-13)23-16-10-9-14-7-4-8-15-12-17(22(27)28)24(19(14)15)21(16)26/h1-8,16-18,29H,9-12H2,(H,23,25)(H,27,28)/t16?,17-,18-/m0/s1. The normalized spacial score (nSPS) is 21.3. The summed E-state index contributed by atoms with van der Waals surface area (Å²) in [5.41, 5.74) is 3.50. The van der Waals surface area contributed by atoms with E-state index < -0.39 is 23.3 Å². The highest BCUT2D eigenvalue weighted by Crippen LogP contribution is 2.39. The molecule has 6 nitrogen and oxygen atoms in total. The second-order valence-corrected chi connectivity index (χ2v) is 8.12. The summed E-state index contributed by atoms with van der Waals surface area (Å²) in [5.74, 6) is -1.73. The molecule has 0 radical (unpaired) electrons. The lowest BCUT2D eigenvalue weighted by molar-refractivity contribution is -0.140. The maximum atomic E-state index is 13.2. The Bertz CT molecular complexity index is 963. The molecule has 29 heavy (non-hydrogen) atoms. The maximum absolute atomic E-state index is 13.2. The SMILES string of the molecule is O=C(NC1CCc2cccc3c2N(C1=O)[C@H](C(=O)O)C3)[C@@H](S)Cc1ccccc1. The van der Waals surface area contributed by atoms with Crippen LogP contribution in [-0.4, -0.2) is 40.2 Å². The fourth-order valence-corrected chi connectivity index (χ4v) is 4.45. The van der Waals surface area contributed by atoms with Crippen LogP contribution in [-0.2, 0) is 33.6 Å². The van der Waals surface area contributed by atoms with Crippen LogP contribution in [0.2, 0.25) is 0 Å². The molecule has 2 aliphatic heterocycles. The summed E-state index contributed by atoms with van der Waals surface area (Å²) in [6, 6.07) is 13.5. The van der Waals surface area contributed by atoms with Crippen LogP contribution in [0, 0.1) is 0 Å². The van der Waals surface area contributed by atoms with Crippen LogP contribution in [0.4, 0.5) is 5.69 Å². The van der Waals surface area contributed by atoms with Gasteiger partial charge in [0.15, 0.2) is 0 Å². The average Bonchev–Trinajstić information content (AvgIpc) is 3.05. The molecule has 0 spiro atoms. The van der Waals surface area contributed by atoms with Crippen molar-refractivity contribution in [3.8, 4) is 0 Å². The van der Waals surface area contributed by atoms with Crippen molar-refractivity contribution < 1.29 is 19.5 Å². The second kappa shape index (κ2) is 7.91. The van der Waals surface area contributed by atoms with Gasteiger partial charge in [0, 0.05) is 6.42 Å². The van der Waals surface area contributed by atoms with Crippen LogP contribution >= 0.6 is 12.6 Å². The molecule has 2 aromatic rings. The molecule has 7 heteroatoms. The summed E-state index contributed by atoms with van der Waals surface area (Å²) in [5, 5.41) is 11.9. The number of rotatable bonds is 5. The first-order valence-electron chi connectivity index (χ1n) is 9.64. The number of aliphatic carboxylic acids is 1. The second-order valence-electron chi connectivity index (χ2n) is 7.50. The number of hydrogen-bond donors (Lipinski definition) is 3. The number of carboxylic acids is 1. The lowest BCUT2D eigenvalue weighted by Gasteiger charge is -2.26. The summed E-state index contributed by atoms with van der Waals surface area (Å²) in [7, 11) is 0. The summed E-state index contributed by atoms with van der Waals surface area (Å²) < 4.78 is 0. The Morgan fingerprint density at radius 3 is 2.59 bits per heavy atom. The molecule has 2 aliphatic rings. The Kier molecular flexibility index (Phi) is 5.32. The van der Waals surface area contributed by atoms with Crippen LogP contribution in [0.5, 0.6) is 0 Å². The predicted octanol–water partition coefficient (Wildman–Crippen LogP) is 2.00. The highest BCUT2D eigenvalue weighted by atomic mass is 32.1. The Hall–Kier alpha value is -2.80. The third kappa shape index (κ3) is 3.74. The van der Waals surface area contributed by atoms with Gasteiger partial charge in [-0.15, -0.1) is 0 Å². The average molecular weight is 410 g/mol. The van der Waals surface area contributed by atoms with E-state index in [0.29, 0.717) is 24.9 Å². The number of benzene rings is 2. The van der Waals surface area contributed by atoms with E-state index >= 15 is 0 Å². The number of hydrogen-bond acceptors (Lipinski definition) is 4. The van der Waals surface area contributed by atoms with Crippen LogP contribution in [0.25, 0.3) is 0 Å². The number of amides is 2. The van der Waals surface area contributed by atoms with E-state index in [9.17, 15) is 19.5 Å². The van der Waals surface area contributed by atoms with Crippen molar-refractivity contribution >= 4 is 36.1 Å². The first kappa shape index (κ1) is 19.5. The van der Waals surface area contributed by atoms with Gasteiger partial charge in [-0.25, -0.2) is 4.79 Å². The van der Waals surface area contributed by atoms with Gasteiger partial charge in [0.2, 0.25) is 11.8 Å². The summed E-state index contributed by atoms with van der Waals surface area (Å²) in [6.07, 6.45) is 1.75. The fraction of sp³-hybridized carbons (Fsp3) is 0.318. The molecular formula is C22H22N2O4S. The van der Waals surface area contributed by atoms with E-state index in [2.05, 4.69) is 17.9 Å². The van der Waals surface area contributed by atoms with Gasteiger partial charge in [-0.1, -0.05) is 48.5 Å². The smallest absolute Gasteiger partial charge is 0.327 e. The zero-order chi connectivity index (χ0) is 20.5. The molecule has 3 atom stereocenters. The van der Waals surface area contributed by atoms with E-state index in [0.717, 1.165) is 16.7 Å². The number of nitrogens with one attached hydrogen (secondary N) is 1. The molecule has 150 valence electrons. The zero-order valence-electron chi connectivity index (χ0n) is 15.7. The molecule has 2 heterocycles. The molecule has 0 fully saturated rings. The number of nitrogens with zero attached hydrogens (tertiary/aromatic N) is 1. The minimum Gasteiger partial charge on any atom is -0.480 e. The molecule has 4 rings (SSSR count). The summed E-state index contributed by atoms with van der Waals surface area (Å²) in [6.45, 7) is 0.